The van der Waals surface area contributed by atoms with Crippen LogP contribution in [0.1, 0.15) is 13.2 Å². The third-order valence-electron chi connectivity index (χ3n) is 2.41. The summed E-state index contributed by atoms with van der Waals surface area (Å²) in [5, 5.41) is 18.4. The Kier molecular flexibility index (Phi) is 5.23. The second kappa shape index (κ2) is 6.45. The van der Waals surface area contributed by atoms with Crippen LogP contribution in [0.3, 0.4) is 0 Å². The Balaban J connectivity index is 2.92. The van der Waals surface area contributed by atoms with Crippen molar-refractivity contribution in [2.24, 2.45) is 5.73 Å². The fourth-order valence-electron chi connectivity index (χ4n) is 1.39. The first-order chi connectivity index (χ1) is 8.49. The number of nitrogens with two attached hydrogens (primary N) is 2. The van der Waals surface area contributed by atoms with Crippen LogP contribution in [0.4, 0.5) is 5.82 Å². The SMILES string of the molecule is CC(O)[C@@H](CO)O[C@@H](CN)n1ccc(N)nc1=O. The quantitative estimate of drug-likeness (QED) is 0.465. The third kappa shape index (κ3) is 3.50. The zero-order valence-corrected chi connectivity index (χ0v) is 10.1. The van der Waals surface area contributed by atoms with Gasteiger partial charge in [-0.1, -0.05) is 0 Å². The third-order valence-corrected chi connectivity index (χ3v) is 2.41. The maximum Gasteiger partial charge on any atom is 0.351 e. The largest absolute Gasteiger partial charge is 0.394 e. The van der Waals surface area contributed by atoms with Crippen molar-refractivity contribution in [2.45, 2.75) is 25.4 Å². The average molecular weight is 258 g/mol. The summed E-state index contributed by atoms with van der Waals surface area (Å²) in [6, 6.07) is 1.43. The molecule has 0 aromatic carbocycles. The van der Waals surface area contributed by atoms with Crippen molar-refractivity contribution in [2.75, 3.05) is 18.9 Å². The molecule has 8 heteroatoms. The normalized spacial score (nSPS) is 16.2. The van der Waals surface area contributed by atoms with E-state index in [4.69, 9.17) is 21.3 Å². The van der Waals surface area contributed by atoms with Crippen LogP contribution in [0, 0.1) is 0 Å². The summed E-state index contributed by atoms with van der Waals surface area (Å²) in [5.74, 6) is 0.0984. The van der Waals surface area contributed by atoms with E-state index in [1.165, 1.54) is 19.2 Å². The molecule has 0 fully saturated rings. The molecule has 0 bridgehead atoms. The second-order valence-corrected chi connectivity index (χ2v) is 3.83. The molecule has 1 unspecified atom stereocenters. The molecule has 1 aromatic rings. The highest BCUT2D eigenvalue weighted by molar-refractivity contribution is 5.23. The molecule has 8 nitrogen and oxygen atoms in total. The van der Waals surface area contributed by atoms with E-state index in [0.717, 1.165) is 4.57 Å². The standard InChI is InChI=1S/C10H18N4O4/c1-6(16)7(5-15)18-9(4-11)14-3-2-8(12)13-10(14)17/h2-3,6-7,9,15-16H,4-5,11H2,1H3,(H2,12,13,17)/t6?,7-,9+/m1/s1. The van der Waals surface area contributed by atoms with Crippen molar-refractivity contribution in [3.63, 3.8) is 0 Å². The molecule has 0 spiro atoms. The fraction of sp³-hybridized carbons (Fsp3) is 0.600. The summed E-state index contributed by atoms with van der Waals surface area (Å²) in [4.78, 5) is 15.1. The molecule has 1 rings (SSSR count). The van der Waals surface area contributed by atoms with Gasteiger partial charge >= 0.3 is 5.69 Å². The van der Waals surface area contributed by atoms with E-state index in [0.29, 0.717) is 0 Å². The number of anilines is 1. The highest BCUT2D eigenvalue weighted by atomic mass is 16.5. The molecule has 0 aliphatic carbocycles. The van der Waals surface area contributed by atoms with Gasteiger partial charge in [-0.3, -0.25) is 4.57 Å². The van der Waals surface area contributed by atoms with Crippen molar-refractivity contribution in [1.82, 2.24) is 9.55 Å². The van der Waals surface area contributed by atoms with Crippen molar-refractivity contribution < 1.29 is 14.9 Å². The summed E-state index contributed by atoms with van der Waals surface area (Å²) in [6.45, 7) is 1.08. The predicted molar refractivity (Wildman–Crippen MR) is 64.6 cm³/mol. The average Bonchev–Trinajstić information content (AvgIpc) is 2.31. The van der Waals surface area contributed by atoms with Gasteiger partial charge in [0.15, 0.2) is 6.23 Å². The number of nitrogens with zero attached hydrogens (tertiary/aromatic N) is 2. The van der Waals surface area contributed by atoms with Crippen LogP contribution < -0.4 is 17.2 Å². The number of hydrogen-bond acceptors (Lipinski definition) is 7. The second-order valence-electron chi connectivity index (χ2n) is 3.83. The van der Waals surface area contributed by atoms with E-state index < -0.39 is 24.1 Å². The molecule has 0 aliphatic rings. The van der Waals surface area contributed by atoms with E-state index in [-0.39, 0.29) is 19.0 Å². The summed E-state index contributed by atoms with van der Waals surface area (Å²) in [7, 11) is 0. The minimum Gasteiger partial charge on any atom is -0.394 e. The Hall–Kier alpha value is -1.48. The number of aromatic nitrogens is 2. The first-order valence-corrected chi connectivity index (χ1v) is 5.48. The topological polar surface area (TPSA) is 137 Å². The van der Waals surface area contributed by atoms with E-state index in [9.17, 15) is 9.90 Å². The van der Waals surface area contributed by atoms with Gasteiger partial charge in [-0.25, -0.2) is 4.79 Å². The Bertz CT molecular complexity index is 434. The van der Waals surface area contributed by atoms with Gasteiger partial charge in [-0.15, -0.1) is 0 Å². The maximum absolute atomic E-state index is 11.6. The van der Waals surface area contributed by atoms with Crippen LogP contribution in [0.5, 0.6) is 0 Å². The summed E-state index contributed by atoms with van der Waals surface area (Å²) in [6.07, 6.45) is -1.14. The van der Waals surface area contributed by atoms with E-state index in [1.54, 1.807) is 0 Å². The number of nitrogen functional groups attached to an aromatic ring is 1. The molecule has 1 heterocycles. The Labute approximate surface area is 104 Å². The number of rotatable bonds is 6. The Morgan fingerprint density at radius 2 is 2.28 bits per heavy atom. The van der Waals surface area contributed by atoms with Gasteiger partial charge in [-0.05, 0) is 13.0 Å². The Morgan fingerprint density at radius 3 is 2.72 bits per heavy atom. The van der Waals surface area contributed by atoms with Crippen LogP contribution >= 0.6 is 0 Å². The van der Waals surface area contributed by atoms with Crippen LogP contribution in [0.2, 0.25) is 0 Å². The zero-order chi connectivity index (χ0) is 13.7. The highest BCUT2D eigenvalue weighted by Crippen LogP contribution is 2.10. The first-order valence-electron chi connectivity index (χ1n) is 5.48. The van der Waals surface area contributed by atoms with Gasteiger partial charge in [-0.2, -0.15) is 4.98 Å². The van der Waals surface area contributed by atoms with Crippen LogP contribution in [-0.2, 0) is 4.74 Å². The first kappa shape index (κ1) is 14.6. The fourth-order valence-corrected chi connectivity index (χ4v) is 1.39. The number of aliphatic hydroxyl groups excluding tert-OH is 2. The lowest BCUT2D eigenvalue weighted by molar-refractivity contribution is -0.116. The maximum atomic E-state index is 11.6. The molecule has 0 saturated carbocycles. The molecule has 1 aromatic heterocycles. The number of hydrogen-bond donors (Lipinski definition) is 4. The lowest BCUT2D eigenvalue weighted by Crippen LogP contribution is -2.39. The molecule has 0 saturated heterocycles. The molecular weight excluding hydrogens is 240 g/mol. The van der Waals surface area contributed by atoms with Crippen molar-refractivity contribution >= 4 is 5.82 Å². The monoisotopic (exact) mass is 258 g/mol. The number of ether oxygens (including phenoxy) is 1. The molecule has 6 N–H and O–H groups in total. The van der Waals surface area contributed by atoms with Crippen LogP contribution in [-0.4, -0.2) is 45.1 Å². The smallest absolute Gasteiger partial charge is 0.351 e. The van der Waals surface area contributed by atoms with Gasteiger partial charge in [0.05, 0.1) is 12.7 Å². The van der Waals surface area contributed by atoms with Gasteiger partial charge in [0, 0.05) is 12.7 Å². The van der Waals surface area contributed by atoms with Crippen molar-refractivity contribution in [3.05, 3.63) is 22.7 Å². The summed E-state index contributed by atoms with van der Waals surface area (Å²) < 4.78 is 6.53. The van der Waals surface area contributed by atoms with E-state index >= 15 is 0 Å². The zero-order valence-electron chi connectivity index (χ0n) is 10.1. The van der Waals surface area contributed by atoms with Crippen LogP contribution in [0.15, 0.2) is 17.1 Å². The molecule has 18 heavy (non-hydrogen) atoms. The highest BCUT2D eigenvalue weighted by Gasteiger charge is 2.21. The molecule has 0 aliphatic heterocycles. The van der Waals surface area contributed by atoms with E-state index in [1.807, 2.05) is 0 Å². The number of aliphatic hydroxyl groups is 2. The molecule has 0 radical (unpaired) electrons. The van der Waals surface area contributed by atoms with Crippen LogP contribution in [0.25, 0.3) is 0 Å². The van der Waals surface area contributed by atoms with Gasteiger partial charge in [0.25, 0.3) is 0 Å². The van der Waals surface area contributed by atoms with Gasteiger partial charge in [0.2, 0.25) is 0 Å². The lowest BCUT2D eigenvalue weighted by Gasteiger charge is -2.25. The van der Waals surface area contributed by atoms with Gasteiger partial charge in [0.1, 0.15) is 11.9 Å². The van der Waals surface area contributed by atoms with E-state index in [2.05, 4.69) is 4.98 Å². The predicted octanol–water partition coefficient (Wildman–Crippen LogP) is -1.96. The summed E-state index contributed by atoms with van der Waals surface area (Å²) in [5.41, 5.74) is 10.3. The Morgan fingerprint density at radius 1 is 1.61 bits per heavy atom. The van der Waals surface area contributed by atoms with Crippen molar-refractivity contribution in [1.29, 1.82) is 0 Å². The molecule has 0 amide bonds. The molecule has 102 valence electrons. The minimum atomic E-state index is -0.888. The lowest BCUT2D eigenvalue weighted by atomic mass is 10.2. The van der Waals surface area contributed by atoms with Crippen molar-refractivity contribution in [3.8, 4) is 0 Å². The van der Waals surface area contributed by atoms with Gasteiger partial charge < -0.3 is 26.4 Å². The minimum absolute atomic E-state index is 0.00523. The molecule has 3 atom stereocenters. The molecular formula is C10H18N4O4. The summed E-state index contributed by atoms with van der Waals surface area (Å²) >= 11 is 0.